The molecule has 2 heterocycles. The lowest BCUT2D eigenvalue weighted by Gasteiger charge is -2.24. The molecule has 1 aliphatic heterocycles. The number of methoxy groups -OCH3 is 1. The molecule has 7 nitrogen and oxygen atoms in total. The van der Waals surface area contributed by atoms with Crippen molar-refractivity contribution >= 4 is 34.4 Å². The highest BCUT2D eigenvalue weighted by Crippen LogP contribution is 2.34. The van der Waals surface area contributed by atoms with Crippen LogP contribution in [0.2, 0.25) is 0 Å². The highest BCUT2D eigenvalue weighted by atomic mass is 19.1. The van der Waals surface area contributed by atoms with E-state index in [4.69, 9.17) is 9.47 Å². The number of hydrogen-bond acceptors (Lipinski definition) is 6. The van der Waals surface area contributed by atoms with Crippen molar-refractivity contribution in [2.75, 3.05) is 12.4 Å². The monoisotopic (exact) mass is 422 g/mol. The summed E-state index contributed by atoms with van der Waals surface area (Å²) >= 11 is 0. The first-order valence-electron chi connectivity index (χ1n) is 9.61. The van der Waals surface area contributed by atoms with Crippen molar-refractivity contribution < 1.29 is 28.2 Å². The molecule has 158 valence electrons. The van der Waals surface area contributed by atoms with E-state index in [0.29, 0.717) is 16.6 Å². The first-order chi connectivity index (χ1) is 14.9. The standard InChI is InChI=1S/C23H19FN2O5/c1-12-14-5-3-4-6-17(14)25-19(21(12)23(29)30-2)11-31-22(28)16-10-20(27)26-18-9-13(24)7-8-15(16)18/h3-9,16H,10-11H2,1-2H3,(H,26,27)/t16-/m0/s1. The Labute approximate surface area is 177 Å². The van der Waals surface area contributed by atoms with Gasteiger partial charge in [-0.2, -0.15) is 0 Å². The third-order valence-corrected chi connectivity index (χ3v) is 5.31. The smallest absolute Gasteiger partial charge is 0.340 e. The summed E-state index contributed by atoms with van der Waals surface area (Å²) in [5.41, 5.74) is 2.53. The minimum atomic E-state index is -0.882. The minimum Gasteiger partial charge on any atom is -0.465 e. The molecule has 0 fully saturated rings. The number of benzene rings is 2. The third-order valence-electron chi connectivity index (χ3n) is 5.31. The third kappa shape index (κ3) is 3.84. The molecule has 31 heavy (non-hydrogen) atoms. The Morgan fingerprint density at radius 2 is 2.00 bits per heavy atom. The summed E-state index contributed by atoms with van der Waals surface area (Å²) in [7, 11) is 1.27. The molecule has 1 atom stereocenters. The Bertz CT molecular complexity index is 1220. The molecule has 2 aromatic carbocycles. The zero-order valence-corrected chi connectivity index (χ0v) is 16.9. The molecule has 0 unspecified atom stereocenters. The summed E-state index contributed by atoms with van der Waals surface area (Å²) in [5, 5.41) is 3.35. The van der Waals surface area contributed by atoms with E-state index in [0.717, 1.165) is 11.5 Å². The predicted molar refractivity (Wildman–Crippen MR) is 110 cm³/mol. The first kappa shape index (κ1) is 20.5. The Morgan fingerprint density at radius 1 is 1.23 bits per heavy atom. The lowest BCUT2D eigenvalue weighted by molar-refractivity contribution is -0.148. The predicted octanol–water partition coefficient (Wildman–Crippen LogP) is 3.64. The van der Waals surface area contributed by atoms with Crippen molar-refractivity contribution in [2.24, 2.45) is 0 Å². The number of pyridine rings is 1. The molecule has 4 rings (SSSR count). The zero-order valence-electron chi connectivity index (χ0n) is 16.9. The number of ether oxygens (including phenoxy) is 2. The fourth-order valence-corrected chi connectivity index (χ4v) is 3.81. The topological polar surface area (TPSA) is 94.6 Å². The molecule has 1 amide bonds. The lowest BCUT2D eigenvalue weighted by atomic mass is 9.90. The van der Waals surface area contributed by atoms with Gasteiger partial charge in [0.2, 0.25) is 5.91 Å². The molecule has 0 radical (unpaired) electrons. The van der Waals surface area contributed by atoms with Crippen LogP contribution in [0.3, 0.4) is 0 Å². The van der Waals surface area contributed by atoms with Gasteiger partial charge in [-0.1, -0.05) is 24.3 Å². The number of aryl methyl sites for hydroxylation is 1. The zero-order chi connectivity index (χ0) is 22.1. The maximum atomic E-state index is 13.5. The van der Waals surface area contributed by atoms with Crippen LogP contribution in [0, 0.1) is 12.7 Å². The van der Waals surface area contributed by atoms with E-state index in [1.165, 1.54) is 19.2 Å². The number of hydrogen-bond donors (Lipinski definition) is 1. The lowest BCUT2D eigenvalue weighted by Crippen LogP contribution is -2.28. The normalized spacial score (nSPS) is 15.2. The van der Waals surface area contributed by atoms with Gasteiger partial charge < -0.3 is 14.8 Å². The number of anilines is 1. The van der Waals surface area contributed by atoms with Crippen molar-refractivity contribution in [2.45, 2.75) is 25.9 Å². The second-order valence-electron chi connectivity index (χ2n) is 7.21. The summed E-state index contributed by atoms with van der Waals surface area (Å²) in [5.74, 6) is -3.06. The molecule has 0 aliphatic carbocycles. The van der Waals surface area contributed by atoms with Gasteiger partial charge in [0.25, 0.3) is 0 Å². The van der Waals surface area contributed by atoms with Crippen LogP contribution in [0.25, 0.3) is 10.9 Å². The van der Waals surface area contributed by atoms with E-state index in [-0.39, 0.29) is 30.0 Å². The number of amides is 1. The second-order valence-corrected chi connectivity index (χ2v) is 7.21. The number of rotatable bonds is 4. The fourth-order valence-electron chi connectivity index (χ4n) is 3.81. The highest BCUT2D eigenvalue weighted by Gasteiger charge is 2.32. The molecular weight excluding hydrogens is 403 g/mol. The molecule has 0 spiro atoms. The SMILES string of the molecule is COC(=O)c1c(COC(=O)[C@H]2CC(=O)Nc3cc(F)ccc32)nc2ccccc2c1C. The van der Waals surface area contributed by atoms with Gasteiger partial charge in [-0.3, -0.25) is 9.59 Å². The van der Waals surface area contributed by atoms with Crippen LogP contribution < -0.4 is 5.32 Å². The van der Waals surface area contributed by atoms with Gasteiger partial charge in [-0.15, -0.1) is 0 Å². The van der Waals surface area contributed by atoms with E-state index < -0.39 is 29.6 Å². The van der Waals surface area contributed by atoms with E-state index in [2.05, 4.69) is 10.3 Å². The van der Waals surface area contributed by atoms with Crippen LogP contribution in [0.4, 0.5) is 10.1 Å². The summed E-state index contributed by atoms with van der Waals surface area (Å²) in [6, 6.07) is 11.1. The summed E-state index contributed by atoms with van der Waals surface area (Å²) in [6.07, 6.45) is -0.120. The number of nitrogens with zero attached hydrogens (tertiary/aromatic N) is 1. The summed E-state index contributed by atoms with van der Waals surface area (Å²) in [4.78, 5) is 41.7. The minimum absolute atomic E-state index is 0.120. The van der Waals surface area contributed by atoms with Gasteiger partial charge in [-0.25, -0.2) is 14.2 Å². The highest BCUT2D eigenvalue weighted by molar-refractivity contribution is 6.00. The molecule has 0 bridgehead atoms. The average Bonchev–Trinajstić information content (AvgIpc) is 2.76. The fraction of sp³-hybridized carbons (Fsp3) is 0.217. The van der Waals surface area contributed by atoms with Crippen LogP contribution in [-0.4, -0.2) is 29.9 Å². The Hall–Kier alpha value is -3.81. The molecule has 1 N–H and O–H groups in total. The number of halogens is 1. The molecule has 1 aliphatic rings. The van der Waals surface area contributed by atoms with Crippen LogP contribution in [0.15, 0.2) is 42.5 Å². The van der Waals surface area contributed by atoms with Crippen molar-refractivity contribution in [3.8, 4) is 0 Å². The van der Waals surface area contributed by atoms with Gasteiger partial charge in [0.1, 0.15) is 12.4 Å². The van der Waals surface area contributed by atoms with E-state index in [9.17, 15) is 18.8 Å². The van der Waals surface area contributed by atoms with Crippen molar-refractivity contribution in [1.82, 2.24) is 4.98 Å². The Kier molecular flexibility index (Phi) is 5.37. The maximum absolute atomic E-state index is 13.5. The molecule has 0 saturated carbocycles. The second kappa shape index (κ2) is 8.14. The van der Waals surface area contributed by atoms with Crippen molar-refractivity contribution in [1.29, 1.82) is 0 Å². The maximum Gasteiger partial charge on any atom is 0.340 e. The van der Waals surface area contributed by atoms with Gasteiger partial charge >= 0.3 is 11.9 Å². The average molecular weight is 422 g/mol. The molecular formula is C23H19FN2O5. The van der Waals surface area contributed by atoms with Crippen LogP contribution >= 0.6 is 0 Å². The van der Waals surface area contributed by atoms with Crippen LogP contribution in [-0.2, 0) is 25.7 Å². The molecule has 8 heteroatoms. The Morgan fingerprint density at radius 3 is 2.77 bits per heavy atom. The molecule has 0 saturated heterocycles. The van der Waals surface area contributed by atoms with Gasteiger partial charge in [0.05, 0.1) is 29.8 Å². The van der Waals surface area contributed by atoms with Gasteiger partial charge in [0, 0.05) is 17.5 Å². The van der Waals surface area contributed by atoms with Crippen LogP contribution in [0.5, 0.6) is 0 Å². The van der Waals surface area contributed by atoms with Gasteiger partial charge in [-0.05, 0) is 36.2 Å². The number of fused-ring (bicyclic) bond motifs is 2. The van der Waals surface area contributed by atoms with E-state index >= 15 is 0 Å². The van der Waals surface area contributed by atoms with Crippen molar-refractivity contribution in [3.05, 3.63) is 70.7 Å². The largest absolute Gasteiger partial charge is 0.465 e. The number of aromatic nitrogens is 1. The first-order valence-corrected chi connectivity index (χ1v) is 9.61. The van der Waals surface area contributed by atoms with E-state index in [1.807, 2.05) is 18.2 Å². The quantitative estimate of drug-likeness (QED) is 0.645. The van der Waals surface area contributed by atoms with Crippen molar-refractivity contribution in [3.63, 3.8) is 0 Å². The number of para-hydroxylation sites is 1. The van der Waals surface area contributed by atoms with Gasteiger partial charge in [0.15, 0.2) is 0 Å². The number of esters is 2. The number of nitrogens with one attached hydrogen (secondary N) is 1. The number of carbonyl (C=O) groups is 3. The molecule has 1 aromatic heterocycles. The van der Waals surface area contributed by atoms with Crippen LogP contribution in [0.1, 0.15) is 39.5 Å². The number of carbonyl (C=O) groups excluding carboxylic acids is 3. The summed E-state index contributed by atoms with van der Waals surface area (Å²) < 4.78 is 23.9. The molecule has 3 aromatic rings. The van der Waals surface area contributed by atoms with E-state index in [1.54, 1.807) is 13.0 Å². The Balaban J connectivity index is 1.65. The summed E-state index contributed by atoms with van der Waals surface area (Å²) in [6.45, 7) is 1.50.